The molecule has 1 aromatic carbocycles. The minimum absolute atomic E-state index is 0.116. The number of benzene rings is 1. The van der Waals surface area contributed by atoms with Gasteiger partial charge in [-0.1, -0.05) is 6.07 Å². The van der Waals surface area contributed by atoms with Crippen LogP contribution in [0.2, 0.25) is 0 Å². The van der Waals surface area contributed by atoms with E-state index in [1.54, 1.807) is 18.4 Å². The van der Waals surface area contributed by atoms with Crippen molar-refractivity contribution in [1.82, 2.24) is 25.3 Å². The number of fused-ring (bicyclic) bond motifs is 2. The van der Waals surface area contributed by atoms with Crippen molar-refractivity contribution in [2.75, 3.05) is 25.9 Å². The molecule has 4 aromatic rings. The molecular weight excluding hydrogens is 376 g/mol. The smallest absolute Gasteiger partial charge is 0.290 e. The van der Waals surface area contributed by atoms with E-state index in [1.165, 1.54) is 0 Å². The molecule has 28 heavy (non-hydrogen) atoms. The lowest BCUT2D eigenvalue weighted by Gasteiger charge is -2.09. The van der Waals surface area contributed by atoms with Gasteiger partial charge in [0, 0.05) is 6.54 Å². The predicted molar refractivity (Wildman–Crippen MR) is 111 cm³/mol. The minimum atomic E-state index is -0.274. The molecule has 1 unspecified atom stereocenters. The molecule has 1 aliphatic heterocycles. The summed E-state index contributed by atoms with van der Waals surface area (Å²) in [7, 11) is 1.67. The summed E-state index contributed by atoms with van der Waals surface area (Å²) in [5.41, 5.74) is 8.21. The summed E-state index contributed by atoms with van der Waals surface area (Å²) < 4.78 is 8.42. The first-order valence-corrected chi connectivity index (χ1v) is 9.94. The number of aryl methyl sites for hydroxylation is 1. The Labute approximate surface area is 164 Å². The highest BCUT2D eigenvalue weighted by molar-refractivity contribution is 7.22. The Morgan fingerprint density at radius 2 is 2.21 bits per heavy atom. The van der Waals surface area contributed by atoms with Crippen LogP contribution >= 0.6 is 11.3 Å². The molecule has 0 saturated carbocycles. The number of rotatable bonds is 3. The number of nitrogens with two attached hydrogens (primary N) is 1. The Kier molecular flexibility index (Phi) is 3.88. The average Bonchev–Trinajstić information content (AvgIpc) is 3.40. The van der Waals surface area contributed by atoms with Crippen LogP contribution in [-0.4, -0.2) is 40.2 Å². The third-order valence-electron chi connectivity index (χ3n) is 5.22. The number of hydrogen-bond acceptors (Lipinski definition) is 7. The summed E-state index contributed by atoms with van der Waals surface area (Å²) >= 11 is 1.58. The van der Waals surface area contributed by atoms with Crippen LogP contribution in [0.5, 0.6) is 5.75 Å². The van der Waals surface area contributed by atoms with Crippen molar-refractivity contribution in [3.8, 4) is 16.3 Å². The summed E-state index contributed by atoms with van der Waals surface area (Å²) in [4.78, 5) is 13.5. The molecule has 3 aromatic heterocycles. The van der Waals surface area contributed by atoms with Crippen LogP contribution in [0.25, 0.3) is 31.6 Å². The summed E-state index contributed by atoms with van der Waals surface area (Å²) in [5.74, 6) is 1.11. The average molecular weight is 396 g/mol. The number of methoxy groups -OCH3 is 1. The summed E-state index contributed by atoms with van der Waals surface area (Å²) in [6.45, 7) is 3.72. The number of hydrogen-bond donors (Lipinski definition) is 3. The molecule has 0 aliphatic carbocycles. The van der Waals surface area contributed by atoms with E-state index in [-0.39, 0.29) is 17.4 Å². The van der Waals surface area contributed by atoms with E-state index in [0.717, 1.165) is 45.8 Å². The Bertz CT molecular complexity index is 1270. The first-order valence-electron chi connectivity index (χ1n) is 9.12. The zero-order valence-electron chi connectivity index (χ0n) is 15.6. The van der Waals surface area contributed by atoms with E-state index in [0.29, 0.717) is 16.6 Å². The highest BCUT2D eigenvalue weighted by Gasteiger charge is 2.26. The Morgan fingerprint density at radius 1 is 1.36 bits per heavy atom. The van der Waals surface area contributed by atoms with Crippen LogP contribution in [0, 0.1) is 6.92 Å². The summed E-state index contributed by atoms with van der Waals surface area (Å²) in [5, 5.41) is 16.3. The van der Waals surface area contributed by atoms with Gasteiger partial charge in [0.15, 0.2) is 5.82 Å². The zero-order chi connectivity index (χ0) is 19.4. The molecule has 4 N–H and O–H groups in total. The quantitative estimate of drug-likeness (QED) is 0.490. The van der Waals surface area contributed by atoms with Crippen LogP contribution in [0.3, 0.4) is 0 Å². The second-order valence-corrected chi connectivity index (χ2v) is 8.15. The molecule has 1 fully saturated rings. The molecule has 0 amide bonds. The lowest BCUT2D eigenvalue weighted by Crippen LogP contribution is -2.19. The third-order valence-corrected chi connectivity index (χ3v) is 6.39. The van der Waals surface area contributed by atoms with Gasteiger partial charge in [0.1, 0.15) is 17.0 Å². The molecule has 0 spiro atoms. The number of thiophene rings is 1. The normalized spacial score (nSPS) is 17.0. The fourth-order valence-electron chi connectivity index (χ4n) is 3.93. The number of nitrogens with zero attached hydrogens (tertiary/aromatic N) is 3. The van der Waals surface area contributed by atoms with Crippen molar-refractivity contribution < 1.29 is 4.74 Å². The number of aromatic amines is 1. The second kappa shape index (κ2) is 6.32. The standard InChI is InChI=1S/C19H20N6O2S/c1-9-5-10-7-13(28-17(10)12(6-9)27-2)15-14-16(19(26)23-22-18(14)20)25(24-15)11-3-4-21-8-11/h5-7,11,21H,3-4,8H2,1-2H3,(H2,20,22)(H,23,26). The van der Waals surface area contributed by atoms with Gasteiger partial charge in [0.25, 0.3) is 5.56 Å². The molecule has 0 radical (unpaired) electrons. The number of anilines is 1. The van der Waals surface area contributed by atoms with E-state index in [2.05, 4.69) is 27.6 Å². The summed E-state index contributed by atoms with van der Waals surface area (Å²) in [6, 6.07) is 6.33. The highest BCUT2D eigenvalue weighted by atomic mass is 32.1. The molecule has 0 bridgehead atoms. The maximum Gasteiger partial charge on any atom is 0.290 e. The molecule has 1 saturated heterocycles. The predicted octanol–water partition coefficient (Wildman–Crippen LogP) is 2.43. The lowest BCUT2D eigenvalue weighted by molar-refractivity contribution is 0.420. The van der Waals surface area contributed by atoms with Crippen molar-refractivity contribution in [2.45, 2.75) is 19.4 Å². The van der Waals surface area contributed by atoms with E-state index in [1.807, 2.05) is 17.7 Å². The van der Waals surface area contributed by atoms with Gasteiger partial charge in [-0.15, -0.1) is 11.3 Å². The number of aromatic nitrogens is 4. The monoisotopic (exact) mass is 396 g/mol. The fourth-order valence-corrected chi connectivity index (χ4v) is 5.06. The number of ether oxygens (including phenoxy) is 1. The molecule has 5 rings (SSSR count). The molecular formula is C19H20N6O2S. The van der Waals surface area contributed by atoms with E-state index < -0.39 is 0 Å². The van der Waals surface area contributed by atoms with Crippen LogP contribution in [-0.2, 0) is 0 Å². The molecule has 4 heterocycles. The van der Waals surface area contributed by atoms with Crippen molar-refractivity contribution in [3.05, 3.63) is 34.1 Å². The van der Waals surface area contributed by atoms with Crippen molar-refractivity contribution >= 4 is 38.1 Å². The fraction of sp³-hybridized carbons (Fsp3) is 0.316. The van der Waals surface area contributed by atoms with Crippen molar-refractivity contribution in [3.63, 3.8) is 0 Å². The van der Waals surface area contributed by atoms with Gasteiger partial charge in [-0.05, 0) is 43.0 Å². The van der Waals surface area contributed by atoms with Crippen molar-refractivity contribution in [1.29, 1.82) is 0 Å². The Morgan fingerprint density at radius 3 is 2.96 bits per heavy atom. The van der Waals surface area contributed by atoms with Crippen LogP contribution in [0.4, 0.5) is 5.82 Å². The largest absolute Gasteiger partial charge is 0.495 e. The molecule has 8 nitrogen and oxygen atoms in total. The maximum absolute atomic E-state index is 12.6. The first kappa shape index (κ1) is 17.2. The number of nitrogens with one attached hydrogen (secondary N) is 2. The molecule has 9 heteroatoms. The number of nitrogen functional groups attached to an aromatic ring is 1. The van der Waals surface area contributed by atoms with Gasteiger partial charge in [-0.2, -0.15) is 10.2 Å². The minimum Gasteiger partial charge on any atom is -0.495 e. The molecule has 1 atom stereocenters. The van der Waals surface area contributed by atoms with Gasteiger partial charge in [-0.3, -0.25) is 9.48 Å². The zero-order valence-corrected chi connectivity index (χ0v) is 16.4. The topological polar surface area (TPSA) is 111 Å². The van der Waals surface area contributed by atoms with E-state index in [4.69, 9.17) is 15.6 Å². The van der Waals surface area contributed by atoms with Crippen LogP contribution in [0.15, 0.2) is 23.0 Å². The number of H-pyrrole nitrogens is 1. The first-order chi connectivity index (χ1) is 13.6. The molecule has 1 aliphatic rings. The van der Waals surface area contributed by atoms with Gasteiger partial charge in [0.05, 0.1) is 28.1 Å². The van der Waals surface area contributed by atoms with Gasteiger partial charge in [0.2, 0.25) is 0 Å². The molecule has 144 valence electrons. The van der Waals surface area contributed by atoms with Crippen LogP contribution < -0.4 is 21.3 Å². The van der Waals surface area contributed by atoms with Gasteiger partial charge >= 0.3 is 0 Å². The highest BCUT2D eigenvalue weighted by Crippen LogP contribution is 2.42. The van der Waals surface area contributed by atoms with E-state index in [9.17, 15) is 4.79 Å². The van der Waals surface area contributed by atoms with Crippen molar-refractivity contribution in [2.24, 2.45) is 0 Å². The SMILES string of the molecule is COc1cc(C)cc2cc(-c3nn(C4CCNC4)c4c(=O)[nH]nc(N)c34)sc12. The van der Waals surface area contributed by atoms with Gasteiger partial charge < -0.3 is 15.8 Å². The van der Waals surface area contributed by atoms with Crippen LogP contribution in [0.1, 0.15) is 18.0 Å². The second-order valence-electron chi connectivity index (χ2n) is 7.10. The summed E-state index contributed by atoms with van der Waals surface area (Å²) in [6.07, 6.45) is 0.914. The van der Waals surface area contributed by atoms with Gasteiger partial charge in [-0.25, -0.2) is 5.10 Å². The Balaban J connectivity index is 1.81. The van der Waals surface area contributed by atoms with E-state index >= 15 is 0 Å². The Hall–Kier alpha value is -2.91. The lowest BCUT2D eigenvalue weighted by atomic mass is 10.1. The third kappa shape index (κ3) is 2.50. The maximum atomic E-state index is 12.6.